The van der Waals surface area contributed by atoms with Gasteiger partial charge in [0.2, 0.25) is 5.91 Å². The van der Waals surface area contributed by atoms with Crippen molar-refractivity contribution < 1.29 is 4.79 Å². The van der Waals surface area contributed by atoms with Crippen LogP contribution in [0.5, 0.6) is 0 Å². The first kappa shape index (κ1) is 11.0. The molecule has 14 heavy (non-hydrogen) atoms. The molecular formula is C10H14N2OS. The minimum Gasteiger partial charge on any atom is -0.347 e. The second-order valence-electron chi connectivity index (χ2n) is 3.16. The van der Waals surface area contributed by atoms with E-state index in [1.54, 1.807) is 13.1 Å². The van der Waals surface area contributed by atoms with Crippen LogP contribution in [0.15, 0.2) is 24.4 Å². The summed E-state index contributed by atoms with van der Waals surface area (Å²) in [5.74, 6) is -0.0773. The third kappa shape index (κ3) is 3.03. The van der Waals surface area contributed by atoms with Crippen LogP contribution in [0.3, 0.4) is 0 Å². The number of rotatable bonds is 3. The van der Waals surface area contributed by atoms with Crippen LogP contribution < -0.4 is 5.32 Å². The average Bonchev–Trinajstić information content (AvgIpc) is 2.19. The third-order valence-corrected chi connectivity index (χ3v) is 2.10. The molecule has 1 heterocycles. The standard InChI is InChI=1S/C10H14N2OS/c1-7(12-10(13)8(2)14)9-5-3-4-6-11-9/h3-8,14H,1-2H3,(H,12,13). The molecule has 1 N–H and O–H groups in total. The van der Waals surface area contributed by atoms with Crippen molar-refractivity contribution >= 4 is 18.5 Å². The molecule has 0 fully saturated rings. The maximum atomic E-state index is 11.3. The zero-order chi connectivity index (χ0) is 10.6. The summed E-state index contributed by atoms with van der Waals surface area (Å²) in [7, 11) is 0. The molecule has 0 bridgehead atoms. The zero-order valence-corrected chi connectivity index (χ0v) is 9.16. The number of hydrogen-bond donors (Lipinski definition) is 2. The Morgan fingerprint density at radius 2 is 2.21 bits per heavy atom. The Morgan fingerprint density at radius 3 is 2.71 bits per heavy atom. The summed E-state index contributed by atoms with van der Waals surface area (Å²) in [4.78, 5) is 15.5. The van der Waals surface area contributed by atoms with E-state index in [1.165, 1.54) is 0 Å². The lowest BCUT2D eigenvalue weighted by Crippen LogP contribution is -2.32. The summed E-state index contributed by atoms with van der Waals surface area (Å²) < 4.78 is 0. The summed E-state index contributed by atoms with van der Waals surface area (Å²) in [5.41, 5.74) is 0.856. The topological polar surface area (TPSA) is 42.0 Å². The van der Waals surface area contributed by atoms with Gasteiger partial charge in [-0.2, -0.15) is 12.6 Å². The van der Waals surface area contributed by atoms with E-state index in [4.69, 9.17) is 0 Å². The van der Waals surface area contributed by atoms with Crippen molar-refractivity contribution in [2.75, 3.05) is 0 Å². The molecule has 2 atom stereocenters. The Balaban J connectivity index is 2.59. The number of hydrogen-bond acceptors (Lipinski definition) is 3. The number of carbonyl (C=O) groups is 1. The van der Waals surface area contributed by atoms with E-state index < -0.39 is 0 Å². The quantitative estimate of drug-likeness (QED) is 0.744. The van der Waals surface area contributed by atoms with E-state index >= 15 is 0 Å². The highest BCUT2D eigenvalue weighted by Gasteiger charge is 2.12. The molecule has 76 valence electrons. The van der Waals surface area contributed by atoms with Crippen LogP contribution in [0.1, 0.15) is 25.6 Å². The largest absolute Gasteiger partial charge is 0.347 e. The lowest BCUT2D eigenvalue weighted by Gasteiger charge is -2.14. The Labute approximate surface area is 89.3 Å². The molecule has 0 aliphatic heterocycles. The van der Waals surface area contributed by atoms with E-state index in [0.29, 0.717) is 0 Å². The minimum atomic E-state index is -0.291. The summed E-state index contributed by atoms with van der Waals surface area (Å²) in [5, 5.41) is 2.53. The first-order valence-corrected chi connectivity index (χ1v) is 5.02. The van der Waals surface area contributed by atoms with Gasteiger partial charge in [-0.05, 0) is 26.0 Å². The highest BCUT2D eigenvalue weighted by Crippen LogP contribution is 2.08. The highest BCUT2D eigenvalue weighted by molar-refractivity contribution is 7.81. The molecule has 1 aromatic heterocycles. The number of nitrogens with one attached hydrogen (secondary N) is 1. The van der Waals surface area contributed by atoms with E-state index in [9.17, 15) is 4.79 Å². The molecule has 3 nitrogen and oxygen atoms in total. The molecule has 0 aromatic carbocycles. The van der Waals surface area contributed by atoms with Gasteiger partial charge in [-0.25, -0.2) is 0 Å². The first-order chi connectivity index (χ1) is 6.61. The Bertz CT molecular complexity index is 300. The molecular weight excluding hydrogens is 196 g/mol. The van der Waals surface area contributed by atoms with Crippen molar-refractivity contribution in [3.8, 4) is 0 Å². The maximum Gasteiger partial charge on any atom is 0.233 e. The smallest absolute Gasteiger partial charge is 0.233 e. The fourth-order valence-corrected chi connectivity index (χ4v) is 1.11. The van der Waals surface area contributed by atoms with E-state index in [-0.39, 0.29) is 17.2 Å². The SMILES string of the molecule is CC(S)C(=O)NC(C)c1ccccn1. The lowest BCUT2D eigenvalue weighted by molar-refractivity contribution is -0.120. The number of aromatic nitrogens is 1. The van der Waals surface area contributed by atoms with Crippen molar-refractivity contribution in [1.29, 1.82) is 0 Å². The molecule has 0 saturated heterocycles. The minimum absolute atomic E-state index is 0.0710. The van der Waals surface area contributed by atoms with Crippen LogP contribution in [0.4, 0.5) is 0 Å². The summed E-state index contributed by atoms with van der Waals surface area (Å²) in [6.45, 7) is 3.64. The van der Waals surface area contributed by atoms with Crippen molar-refractivity contribution in [1.82, 2.24) is 10.3 Å². The molecule has 0 saturated carbocycles. The molecule has 4 heteroatoms. The number of amides is 1. The van der Waals surface area contributed by atoms with Gasteiger partial charge in [-0.15, -0.1) is 0 Å². The number of nitrogens with zero attached hydrogens (tertiary/aromatic N) is 1. The Morgan fingerprint density at radius 1 is 1.50 bits per heavy atom. The predicted octanol–water partition coefficient (Wildman–Crippen LogP) is 1.58. The zero-order valence-electron chi connectivity index (χ0n) is 8.27. The summed E-state index contributed by atoms with van der Waals surface area (Å²) in [6, 6.07) is 5.56. The number of thiol groups is 1. The summed E-state index contributed by atoms with van der Waals surface area (Å²) >= 11 is 4.05. The van der Waals surface area contributed by atoms with Crippen LogP contribution in [0, 0.1) is 0 Å². The fraction of sp³-hybridized carbons (Fsp3) is 0.400. The number of pyridine rings is 1. The van der Waals surface area contributed by atoms with Crippen LogP contribution in [-0.2, 0) is 4.79 Å². The molecule has 2 unspecified atom stereocenters. The molecule has 0 spiro atoms. The normalized spacial score (nSPS) is 14.5. The predicted molar refractivity (Wildman–Crippen MR) is 59.2 cm³/mol. The second-order valence-corrected chi connectivity index (χ2v) is 3.94. The molecule has 1 amide bonds. The fourth-order valence-electron chi connectivity index (χ4n) is 1.04. The first-order valence-electron chi connectivity index (χ1n) is 4.50. The van der Waals surface area contributed by atoms with Gasteiger partial charge in [-0.1, -0.05) is 6.07 Å². The van der Waals surface area contributed by atoms with Gasteiger partial charge >= 0.3 is 0 Å². The molecule has 1 aromatic rings. The summed E-state index contributed by atoms with van der Waals surface area (Å²) in [6.07, 6.45) is 1.71. The lowest BCUT2D eigenvalue weighted by atomic mass is 10.2. The van der Waals surface area contributed by atoms with Gasteiger partial charge < -0.3 is 5.32 Å². The van der Waals surface area contributed by atoms with Crippen LogP contribution in [-0.4, -0.2) is 16.1 Å². The number of carbonyl (C=O) groups excluding carboxylic acids is 1. The van der Waals surface area contributed by atoms with E-state index in [1.807, 2.05) is 25.1 Å². The Kier molecular flexibility index (Phi) is 3.95. The van der Waals surface area contributed by atoms with Gasteiger partial charge in [0, 0.05) is 6.20 Å². The second kappa shape index (κ2) is 5.00. The Hall–Kier alpha value is -1.03. The van der Waals surface area contributed by atoms with Crippen LogP contribution >= 0.6 is 12.6 Å². The molecule has 0 radical (unpaired) electrons. The van der Waals surface area contributed by atoms with Crippen molar-refractivity contribution in [2.24, 2.45) is 0 Å². The third-order valence-electron chi connectivity index (χ3n) is 1.87. The average molecular weight is 210 g/mol. The van der Waals surface area contributed by atoms with E-state index in [0.717, 1.165) is 5.69 Å². The van der Waals surface area contributed by atoms with Gasteiger partial charge in [0.1, 0.15) is 0 Å². The van der Waals surface area contributed by atoms with Gasteiger partial charge in [-0.3, -0.25) is 9.78 Å². The van der Waals surface area contributed by atoms with Crippen molar-refractivity contribution in [3.63, 3.8) is 0 Å². The molecule has 1 rings (SSSR count). The van der Waals surface area contributed by atoms with E-state index in [2.05, 4.69) is 22.9 Å². The van der Waals surface area contributed by atoms with Crippen LogP contribution in [0.25, 0.3) is 0 Å². The van der Waals surface area contributed by atoms with Crippen LogP contribution in [0.2, 0.25) is 0 Å². The molecule has 0 aliphatic rings. The van der Waals surface area contributed by atoms with Gasteiger partial charge in [0.25, 0.3) is 0 Å². The maximum absolute atomic E-state index is 11.3. The van der Waals surface area contributed by atoms with Gasteiger partial charge in [0.15, 0.2) is 0 Å². The van der Waals surface area contributed by atoms with Gasteiger partial charge in [0.05, 0.1) is 17.0 Å². The molecule has 0 aliphatic carbocycles. The highest BCUT2D eigenvalue weighted by atomic mass is 32.1. The monoisotopic (exact) mass is 210 g/mol. The van der Waals surface area contributed by atoms with Crippen molar-refractivity contribution in [2.45, 2.75) is 25.1 Å². The van der Waals surface area contributed by atoms with Crippen molar-refractivity contribution in [3.05, 3.63) is 30.1 Å².